The molecule has 33 heavy (non-hydrogen) atoms. The molecule has 1 aromatic carbocycles. The number of pyridine rings is 1. The summed E-state index contributed by atoms with van der Waals surface area (Å²) in [6.07, 6.45) is 3.87. The highest BCUT2D eigenvalue weighted by Crippen LogP contribution is 2.45. The first kappa shape index (κ1) is 22.7. The van der Waals surface area contributed by atoms with Gasteiger partial charge in [-0.1, -0.05) is 36.9 Å². The normalized spacial score (nSPS) is 17.3. The van der Waals surface area contributed by atoms with Crippen LogP contribution in [0.5, 0.6) is 0 Å². The number of amidine groups is 1. The Morgan fingerprint density at radius 2 is 1.97 bits per heavy atom. The first-order valence-electron chi connectivity index (χ1n) is 10.5. The van der Waals surface area contributed by atoms with Crippen LogP contribution >= 0.6 is 11.8 Å². The van der Waals surface area contributed by atoms with Crippen molar-refractivity contribution in [1.82, 2.24) is 15.2 Å². The Bertz CT molecular complexity index is 1160. The smallest absolute Gasteiger partial charge is 0.338 e. The molecular formula is C24H23FN4O3S. The van der Waals surface area contributed by atoms with Crippen LogP contribution in [0.4, 0.5) is 4.39 Å². The van der Waals surface area contributed by atoms with Crippen LogP contribution < -0.4 is 5.32 Å². The van der Waals surface area contributed by atoms with Crippen molar-refractivity contribution in [1.29, 1.82) is 0 Å². The van der Waals surface area contributed by atoms with Gasteiger partial charge < -0.3 is 15.0 Å². The van der Waals surface area contributed by atoms with Crippen LogP contribution in [0.15, 0.2) is 76.2 Å². The molecule has 0 spiro atoms. The van der Waals surface area contributed by atoms with Crippen molar-refractivity contribution < 1.29 is 18.7 Å². The predicted octanol–water partition coefficient (Wildman–Crippen LogP) is 4.07. The second-order valence-electron chi connectivity index (χ2n) is 7.43. The third kappa shape index (κ3) is 4.68. The average molecular weight is 467 g/mol. The molecule has 0 aliphatic carbocycles. The third-order valence-electron chi connectivity index (χ3n) is 5.41. The monoisotopic (exact) mass is 466 g/mol. The minimum absolute atomic E-state index is 0.0535. The van der Waals surface area contributed by atoms with Crippen molar-refractivity contribution in [3.8, 4) is 0 Å². The zero-order valence-electron chi connectivity index (χ0n) is 18.2. The zero-order valence-corrected chi connectivity index (χ0v) is 19.1. The maximum atomic E-state index is 14.9. The minimum atomic E-state index is -0.782. The van der Waals surface area contributed by atoms with Gasteiger partial charge in [0.2, 0.25) is 5.91 Å². The van der Waals surface area contributed by atoms with Crippen molar-refractivity contribution in [3.63, 3.8) is 0 Å². The van der Waals surface area contributed by atoms with Gasteiger partial charge in [-0.15, -0.1) is 0 Å². The van der Waals surface area contributed by atoms with Crippen LogP contribution in [0.25, 0.3) is 0 Å². The summed E-state index contributed by atoms with van der Waals surface area (Å²) in [5, 5.41) is 5.32. The number of hydrogen-bond acceptors (Lipinski definition) is 7. The largest absolute Gasteiger partial charge is 0.466 e. The molecule has 170 valence electrons. The van der Waals surface area contributed by atoms with Gasteiger partial charge in [0, 0.05) is 30.2 Å². The van der Waals surface area contributed by atoms with E-state index in [0.717, 1.165) is 5.56 Å². The molecule has 0 unspecified atom stereocenters. The molecule has 0 radical (unpaired) electrons. The number of hydrogen-bond donors (Lipinski definition) is 1. The van der Waals surface area contributed by atoms with Crippen LogP contribution in [0.3, 0.4) is 0 Å². The molecule has 9 heteroatoms. The van der Waals surface area contributed by atoms with Crippen molar-refractivity contribution in [3.05, 3.63) is 88.1 Å². The Balaban J connectivity index is 1.65. The van der Waals surface area contributed by atoms with E-state index in [9.17, 15) is 14.0 Å². The maximum absolute atomic E-state index is 14.9. The number of aromatic nitrogens is 1. The number of esters is 1. The molecule has 1 N–H and O–H groups in total. The van der Waals surface area contributed by atoms with Crippen LogP contribution in [-0.4, -0.2) is 34.0 Å². The summed E-state index contributed by atoms with van der Waals surface area (Å²) < 4.78 is 20.0. The summed E-state index contributed by atoms with van der Waals surface area (Å²) in [5.74, 6) is -1.21. The number of benzene rings is 1. The summed E-state index contributed by atoms with van der Waals surface area (Å²) in [6, 6.07) is 9.19. The molecule has 0 saturated heterocycles. The van der Waals surface area contributed by atoms with E-state index in [1.807, 2.05) is 24.5 Å². The predicted molar refractivity (Wildman–Crippen MR) is 124 cm³/mol. The van der Waals surface area contributed by atoms with Crippen molar-refractivity contribution >= 4 is 28.8 Å². The number of allylic oxidation sites excluding steroid dienone is 1. The molecule has 1 amide bonds. The van der Waals surface area contributed by atoms with Crippen molar-refractivity contribution in [2.45, 2.75) is 32.4 Å². The zero-order chi connectivity index (χ0) is 23.4. The van der Waals surface area contributed by atoms with Crippen LogP contribution in [0.2, 0.25) is 0 Å². The van der Waals surface area contributed by atoms with E-state index in [4.69, 9.17) is 4.74 Å². The van der Waals surface area contributed by atoms with Gasteiger partial charge in [-0.05, 0) is 35.6 Å². The molecular weight excluding hydrogens is 443 g/mol. The first-order valence-corrected chi connectivity index (χ1v) is 11.4. The lowest BCUT2D eigenvalue weighted by molar-refractivity contribution is -0.136. The van der Waals surface area contributed by atoms with Crippen LogP contribution in [-0.2, 0) is 20.9 Å². The standard InChI is InChI=1S/C24H23FN4O3S/c1-3-19-21(23(31)32-2)22(17-6-4-5-7-18(17)25)29-16(14-33-24(29)28-19)12-20(30)27-13-15-8-10-26-11-9-15/h4-11,14,22H,3,12-13H2,1-2H3,(H,27,30)/t22-/m1/s1. The molecule has 1 aromatic heterocycles. The topological polar surface area (TPSA) is 83.9 Å². The Morgan fingerprint density at radius 1 is 1.21 bits per heavy atom. The Labute approximate surface area is 195 Å². The van der Waals surface area contributed by atoms with Crippen molar-refractivity contribution in [2.75, 3.05) is 7.11 Å². The number of rotatable bonds is 7. The molecule has 2 aliphatic rings. The number of halogens is 1. The number of carbonyl (C=O) groups is 2. The summed E-state index contributed by atoms with van der Waals surface area (Å²) in [6.45, 7) is 2.25. The average Bonchev–Trinajstić information content (AvgIpc) is 3.24. The number of nitrogens with zero attached hydrogens (tertiary/aromatic N) is 3. The van der Waals surface area contributed by atoms with E-state index in [-0.39, 0.29) is 17.9 Å². The highest BCUT2D eigenvalue weighted by molar-refractivity contribution is 8.16. The summed E-state index contributed by atoms with van der Waals surface area (Å²) >= 11 is 1.35. The Hall–Kier alpha value is -3.46. The van der Waals surface area contributed by atoms with E-state index < -0.39 is 17.8 Å². The molecule has 1 atom stereocenters. The summed E-state index contributed by atoms with van der Waals surface area (Å²) in [7, 11) is 1.29. The van der Waals surface area contributed by atoms with Gasteiger partial charge >= 0.3 is 5.97 Å². The van der Waals surface area contributed by atoms with Gasteiger partial charge in [-0.3, -0.25) is 9.78 Å². The highest BCUT2D eigenvalue weighted by atomic mass is 32.2. The number of nitrogens with one attached hydrogen (secondary N) is 1. The number of amides is 1. The van der Waals surface area contributed by atoms with Gasteiger partial charge in [0.25, 0.3) is 0 Å². The molecule has 0 fully saturated rings. The molecule has 2 aliphatic heterocycles. The minimum Gasteiger partial charge on any atom is -0.466 e. The van der Waals surface area contributed by atoms with Crippen LogP contribution in [0, 0.1) is 5.82 Å². The Morgan fingerprint density at radius 3 is 2.67 bits per heavy atom. The fourth-order valence-electron chi connectivity index (χ4n) is 3.83. The number of aliphatic imine (C=N–C) groups is 1. The van der Waals surface area contributed by atoms with E-state index in [0.29, 0.717) is 35.1 Å². The summed E-state index contributed by atoms with van der Waals surface area (Å²) in [5.41, 5.74) is 2.71. The molecule has 0 saturated carbocycles. The van der Waals surface area contributed by atoms with E-state index in [2.05, 4.69) is 15.3 Å². The van der Waals surface area contributed by atoms with Crippen LogP contribution in [0.1, 0.15) is 36.9 Å². The lowest BCUT2D eigenvalue weighted by Gasteiger charge is -2.36. The second-order valence-corrected chi connectivity index (χ2v) is 8.27. The van der Waals surface area contributed by atoms with E-state index in [1.54, 1.807) is 35.5 Å². The number of thioether (sulfide) groups is 1. The fraction of sp³-hybridized carbons (Fsp3) is 0.250. The lowest BCUT2D eigenvalue weighted by Crippen LogP contribution is -2.38. The summed E-state index contributed by atoms with van der Waals surface area (Å²) in [4.78, 5) is 35.9. The number of fused-ring (bicyclic) bond motifs is 1. The Kier molecular flexibility index (Phi) is 6.88. The highest BCUT2D eigenvalue weighted by Gasteiger charge is 2.42. The fourth-order valence-corrected chi connectivity index (χ4v) is 4.77. The molecule has 0 bridgehead atoms. The molecule has 4 rings (SSSR count). The van der Waals surface area contributed by atoms with Gasteiger partial charge in [0.15, 0.2) is 5.17 Å². The van der Waals surface area contributed by atoms with E-state index >= 15 is 0 Å². The third-order valence-corrected chi connectivity index (χ3v) is 6.30. The first-order chi connectivity index (χ1) is 16.0. The maximum Gasteiger partial charge on any atom is 0.338 e. The SMILES string of the molecule is CCC1=C(C(=O)OC)[C@@H](c2ccccc2F)N2C(CC(=O)NCc3ccncc3)=CSC2=N1. The molecule has 7 nitrogen and oxygen atoms in total. The lowest BCUT2D eigenvalue weighted by atomic mass is 9.92. The van der Waals surface area contributed by atoms with Crippen molar-refractivity contribution in [2.24, 2.45) is 4.99 Å². The molecule has 3 heterocycles. The molecule has 2 aromatic rings. The van der Waals surface area contributed by atoms with Gasteiger partial charge in [0.1, 0.15) is 5.82 Å². The van der Waals surface area contributed by atoms with Gasteiger partial charge in [-0.2, -0.15) is 0 Å². The number of methoxy groups -OCH3 is 1. The number of carbonyl (C=O) groups excluding carboxylic acids is 2. The van der Waals surface area contributed by atoms with Gasteiger partial charge in [0.05, 0.1) is 30.8 Å². The second kappa shape index (κ2) is 9.99. The van der Waals surface area contributed by atoms with E-state index in [1.165, 1.54) is 24.9 Å². The number of ether oxygens (including phenoxy) is 1. The van der Waals surface area contributed by atoms with Gasteiger partial charge in [-0.25, -0.2) is 14.2 Å². The quantitative estimate of drug-likeness (QED) is 0.620.